The number of nitrogens with one attached hydrogen (secondary N) is 1. The Morgan fingerprint density at radius 1 is 1.55 bits per heavy atom. The van der Waals surface area contributed by atoms with Gasteiger partial charge in [-0.15, -0.1) is 0 Å². The van der Waals surface area contributed by atoms with Crippen LogP contribution in [0.4, 0.5) is 11.5 Å². The van der Waals surface area contributed by atoms with Gasteiger partial charge in [0, 0.05) is 13.6 Å². The van der Waals surface area contributed by atoms with Crippen LogP contribution in [-0.2, 0) is 4.79 Å². The predicted molar refractivity (Wildman–Crippen MR) is 72.7 cm³/mol. The highest BCUT2D eigenvalue weighted by Gasteiger charge is 2.34. The topological polar surface area (TPSA) is 101 Å². The minimum atomic E-state index is -0.618. The van der Waals surface area contributed by atoms with E-state index in [9.17, 15) is 14.9 Å². The zero-order valence-electron chi connectivity index (χ0n) is 10.9. The fraction of sp³-hybridized carbons (Fsp3) is 0.545. The number of nitro groups is 1. The quantitative estimate of drug-likeness (QED) is 0.510. The van der Waals surface area contributed by atoms with Gasteiger partial charge in [-0.2, -0.15) is 0 Å². The van der Waals surface area contributed by atoms with Crippen LogP contribution in [-0.4, -0.2) is 40.4 Å². The molecule has 1 N–H and O–H groups in total. The van der Waals surface area contributed by atoms with Crippen molar-refractivity contribution >= 4 is 29.0 Å². The van der Waals surface area contributed by atoms with Gasteiger partial charge in [-0.1, -0.05) is 11.6 Å². The zero-order valence-corrected chi connectivity index (χ0v) is 11.6. The number of carbonyl (C=O) groups is 1. The summed E-state index contributed by atoms with van der Waals surface area (Å²) in [7, 11) is 1.54. The first-order valence-corrected chi connectivity index (χ1v) is 6.57. The van der Waals surface area contributed by atoms with Crippen LogP contribution in [0, 0.1) is 10.1 Å². The normalized spacial score (nSPS) is 18.7. The molecule has 1 aromatic rings. The van der Waals surface area contributed by atoms with Gasteiger partial charge >= 0.3 is 5.69 Å². The summed E-state index contributed by atoms with van der Waals surface area (Å²) in [6, 6.07) is -0.474. The molecule has 9 heteroatoms. The van der Waals surface area contributed by atoms with Gasteiger partial charge in [0.1, 0.15) is 12.4 Å². The van der Waals surface area contributed by atoms with Crippen LogP contribution in [0.3, 0.4) is 0 Å². The van der Waals surface area contributed by atoms with Crippen molar-refractivity contribution in [3.8, 4) is 0 Å². The molecule has 1 aromatic heterocycles. The maximum absolute atomic E-state index is 11.9. The highest BCUT2D eigenvalue weighted by Crippen LogP contribution is 2.34. The highest BCUT2D eigenvalue weighted by atomic mass is 35.5. The van der Waals surface area contributed by atoms with Crippen molar-refractivity contribution in [3.63, 3.8) is 0 Å². The average Bonchev–Trinajstić information content (AvgIpc) is 2.45. The molecule has 1 amide bonds. The molecule has 1 fully saturated rings. The Bertz CT molecular complexity index is 539. The molecule has 1 unspecified atom stereocenters. The first-order valence-electron chi connectivity index (χ1n) is 6.19. The Labute approximate surface area is 120 Å². The second-order valence-corrected chi connectivity index (χ2v) is 4.77. The summed E-state index contributed by atoms with van der Waals surface area (Å²) in [4.78, 5) is 31.7. The largest absolute Gasteiger partial charge is 0.357 e. The lowest BCUT2D eigenvalue weighted by molar-refractivity contribution is -0.384. The first kappa shape index (κ1) is 14.4. The fourth-order valence-electron chi connectivity index (χ4n) is 2.34. The maximum atomic E-state index is 11.9. The van der Waals surface area contributed by atoms with Gasteiger partial charge in [0.05, 0.1) is 4.92 Å². The first-order chi connectivity index (χ1) is 9.56. The number of amides is 1. The monoisotopic (exact) mass is 299 g/mol. The number of nitrogens with zero attached hydrogens (tertiary/aromatic N) is 4. The van der Waals surface area contributed by atoms with E-state index in [4.69, 9.17) is 11.6 Å². The molecular weight excluding hydrogens is 286 g/mol. The molecule has 0 aliphatic carbocycles. The molecule has 0 aromatic carbocycles. The summed E-state index contributed by atoms with van der Waals surface area (Å²) in [5.41, 5.74) is -0.357. The van der Waals surface area contributed by atoms with Gasteiger partial charge in [-0.3, -0.25) is 14.9 Å². The number of likely N-dealkylation sites (N-methyl/N-ethyl adjacent to an activating group) is 1. The van der Waals surface area contributed by atoms with Gasteiger partial charge in [0.15, 0.2) is 0 Å². The molecule has 0 spiro atoms. The molecule has 1 atom stereocenters. The van der Waals surface area contributed by atoms with Crippen molar-refractivity contribution < 1.29 is 9.72 Å². The number of rotatable bonds is 3. The van der Waals surface area contributed by atoms with E-state index < -0.39 is 11.0 Å². The third kappa shape index (κ3) is 2.64. The molecule has 20 heavy (non-hydrogen) atoms. The van der Waals surface area contributed by atoms with Crippen molar-refractivity contribution in [2.24, 2.45) is 0 Å². The van der Waals surface area contributed by atoms with Gasteiger partial charge < -0.3 is 10.2 Å². The van der Waals surface area contributed by atoms with Gasteiger partial charge in [0.25, 0.3) is 0 Å². The number of aromatic nitrogens is 2. The van der Waals surface area contributed by atoms with E-state index in [1.165, 1.54) is 13.4 Å². The summed E-state index contributed by atoms with van der Waals surface area (Å²) in [5, 5.41) is 13.5. The Balaban J connectivity index is 2.45. The van der Waals surface area contributed by atoms with Crippen molar-refractivity contribution in [3.05, 3.63) is 21.6 Å². The van der Waals surface area contributed by atoms with Crippen molar-refractivity contribution in [1.82, 2.24) is 15.3 Å². The number of halogens is 1. The Morgan fingerprint density at radius 2 is 2.30 bits per heavy atom. The van der Waals surface area contributed by atoms with Crippen LogP contribution in [0.25, 0.3) is 0 Å². The van der Waals surface area contributed by atoms with E-state index in [0.29, 0.717) is 13.0 Å². The van der Waals surface area contributed by atoms with E-state index in [0.717, 1.165) is 12.8 Å². The minimum absolute atomic E-state index is 0.100. The maximum Gasteiger partial charge on any atom is 0.348 e. The highest BCUT2D eigenvalue weighted by molar-refractivity contribution is 6.31. The fourth-order valence-corrected chi connectivity index (χ4v) is 2.54. The number of piperidine rings is 1. The molecule has 108 valence electrons. The molecule has 2 heterocycles. The molecule has 1 aliphatic heterocycles. The Morgan fingerprint density at radius 3 is 2.95 bits per heavy atom. The van der Waals surface area contributed by atoms with Crippen LogP contribution in [0.2, 0.25) is 5.15 Å². The summed E-state index contributed by atoms with van der Waals surface area (Å²) < 4.78 is 0. The number of anilines is 1. The van der Waals surface area contributed by atoms with Crippen LogP contribution >= 0.6 is 11.6 Å². The molecule has 0 bridgehead atoms. The van der Waals surface area contributed by atoms with E-state index >= 15 is 0 Å². The molecule has 8 nitrogen and oxygen atoms in total. The van der Waals surface area contributed by atoms with E-state index in [2.05, 4.69) is 15.3 Å². The molecule has 0 saturated carbocycles. The SMILES string of the molecule is CNC(=O)C1CCCCN1c1ncnc(Cl)c1[N+](=O)[O-]. The van der Waals surface area contributed by atoms with Gasteiger partial charge in [0.2, 0.25) is 16.9 Å². The molecule has 0 radical (unpaired) electrons. The number of hydrogen-bond acceptors (Lipinski definition) is 6. The van der Waals surface area contributed by atoms with Crippen molar-refractivity contribution in [1.29, 1.82) is 0 Å². The van der Waals surface area contributed by atoms with Crippen LogP contribution in [0.5, 0.6) is 0 Å². The third-order valence-corrected chi connectivity index (χ3v) is 3.54. The van der Waals surface area contributed by atoms with Gasteiger partial charge in [-0.05, 0) is 19.3 Å². The third-order valence-electron chi connectivity index (χ3n) is 3.26. The molecule has 1 aliphatic rings. The smallest absolute Gasteiger partial charge is 0.348 e. The van der Waals surface area contributed by atoms with Crippen LogP contribution in [0.15, 0.2) is 6.33 Å². The average molecular weight is 300 g/mol. The van der Waals surface area contributed by atoms with Crippen LogP contribution < -0.4 is 10.2 Å². The van der Waals surface area contributed by atoms with Crippen molar-refractivity contribution in [2.75, 3.05) is 18.5 Å². The summed E-state index contributed by atoms with van der Waals surface area (Å²) in [6.07, 6.45) is 3.52. The molecular formula is C11H14ClN5O3. The predicted octanol–water partition coefficient (Wildman–Crippen LogP) is 1.14. The van der Waals surface area contributed by atoms with Crippen LogP contribution in [0.1, 0.15) is 19.3 Å². The Hall–Kier alpha value is -1.96. The lowest BCUT2D eigenvalue weighted by atomic mass is 10.0. The van der Waals surface area contributed by atoms with E-state index in [-0.39, 0.29) is 22.6 Å². The van der Waals surface area contributed by atoms with E-state index in [1.54, 1.807) is 4.90 Å². The minimum Gasteiger partial charge on any atom is -0.357 e. The number of hydrogen-bond donors (Lipinski definition) is 1. The standard InChI is InChI=1S/C11H14ClN5O3/c1-13-11(18)7-4-2-3-5-16(7)10-8(17(19)20)9(12)14-6-15-10/h6-7H,2-5H2,1H3,(H,13,18). The molecule has 2 rings (SSSR count). The summed E-state index contributed by atoms with van der Waals surface area (Å²) >= 11 is 5.78. The van der Waals surface area contributed by atoms with E-state index in [1.807, 2.05) is 0 Å². The second kappa shape index (κ2) is 6.00. The Kier molecular flexibility index (Phi) is 4.33. The second-order valence-electron chi connectivity index (χ2n) is 4.41. The lowest BCUT2D eigenvalue weighted by Gasteiger charge is -2.34. The van der Waals surface area contributed by atoms with Crippen molar-refractivity contribution in [2.45, 2.75) is 25.3 Å². The molecule has 1 saturated heterocycles. The summed E-state index contributed by atoms with van der Waals surface area (Å²) in [5.74, 6) is -0.0861. The summed E-state index contributed by atoms with van der Waals surface area (Å²) in [6.45, 7) is 0.520. The lowest BCUT2D eigenvalue weighted by Crippen LogP contribution is -2.49. The zero-order chi connectivity index (χ0) is 14.7. The van der Waals surface area contributed by atoms with Gasteiger partial charge in [-0.25, -0.2) is 9.97 Å². The number of carbonyl (C=O) groups excluding carboxylic acids is 1.